The molecule has 0 spiro atoms. The molecule has 6 nitrogen and oxygen atoms in total. The van der Waals surface area contributed by atoms with E-state index >= 15 is 0 Å². The molecule has 3 fully saturated rings. The van der Waals surface area contributed by atoms with Crippen LogP contribution in [-0.2, 0) is 18.8 Å². The van der Waals surface area contributed by atoms with E-state index in [1.807, 2.05) is 31.2 Å². The van der Waals surface area contributed by atoms with Gasteiger partial charge < -0.3 is 9.16 Å². The largest absolute Gasteiger partial charge is 0.417 e. The van der Waals surface area contributed by atoms with Gasteiger partial charge in [0.2, 0.25) is 11.8 Å². The highest BCUT2D eigenvalue weighted by Gasteiger charge is 2.73. The van der Waals surface area contributed by atoms with Gasteiger partial charge in [-0.15, -0.1) is 0 Å². The summed E-state index contributed by atoms with van der Waals surface area (Å²) in [4.78, 5) is 29.2. The monoisotopic (exact) mass is 490 g/mol. The molecule has 2 amide bonds. The van der Waals surface area contributed by atoms with Gasteiger partial charge in [-0.1, -0.05) is 45.0 Å². The summed E-state index contributed by atoms with van der Waals surface area (Å²) in [5.41, 5.74) is -0.241. The number of anilines is 1. The number of hydrogen-bond donors (Lipinski definition) is 0. The Kier molecular flexibility index (Phi) is 5.34. The summed E-state index contributed by atoms with van der Waals surface area (Å²) < 4.78 is 13.0. The first kappa shape index (κ1) is 24.2. The van der Waals surface area contributed by atoms with Crippen LogP contribution in [0.3, 0.4) is 0 Å². The molecule has 2 bridgehead atoms. The van der Waals surface area contributed by atoms with E-state index in [1.165, 1.54) is 4.90 Å². The first-order chi connectivity index (χ1) is 16.4. The van der Waals surface area contributed by atoms with E-state index in [0.29, 0.717) is 24.3 Å². The lowest BCUT2D eigenvalue weighted by Crippen LogP contribution is -2.45. The highest BCUT2D eigenvalue weighted by atomic mass is 28.4. The molecule has 3 aliphatic rings. The molecule has 0 aliphatic carbocycles. The Hall–Kier alpha value is -2.53. The number of fused-ring (bicyclic) bond motifs is 6. The Morgan fingerprint density at radius 3 is 2.40 bits per heavy atom. The smallest absolute Gasteiger partial charge is 0.240 e. The van der Waals surface area contributed by atoms with Gasteiger partial charge >= 0.3 is 0 Å². The molecular formula is C28H34N2O4Si. The molecule has 3 heterocycles. The first-order valence-electron chi connectivity index (χ1n) is 12.5. The molecule has 0 saturated carbocycles. The van der Waals surface area contributed by atoms with Crippen molar-refractivity contribution < 1.29 is 18.8 Å². The number of imide groups is 1. The van der Waals surface area contributed by atoms with Gasteiger partial charge in [0.1, 0.15) is 0 Å². The highest BCUT2D eigenvalue weighted by Crippen LogP contribution is 2.62. The van der Waals surface area contributed by atoms with Gasteiger partial charge in [0.25, 0.3) is 0 Å². The predicted molar refractivity (Wildman–Crippen MR) is 137 cm³/mol. The molecule has 0 N–H and O–H groups in total. The van der Waals surface area contributed by atoms with Crippen molar-refractivity contribution in [2.24, 2.45) is 11.8 Å². The molecule has 2 unspecified atom stereocenters. The molecule has 3 aliphatic heterocycles. The van der Waals surface area contributed by atoms with Crippen molar-refractivity contribution in [1.29, 1.82) is 5.26 Å². The van der Waals surface area contributed by atoms with Crippen LogP contribution in [0.25, 0.3) is 10.8 Å². The minimum absolute atomic E-state index is 0.0977. The Balaban J connectivity index is 1.49. The fourth-order valence-corrected chi connectivity index (χ4v) is 7.16. The van der Waals surface area contributed by atoms with Crippen LogP contribution in [0.4, 0.5) is 5.69 Å². The normalized spacial score (nSPS) is 30.3. The van der Waals surface area contributed by atoms with E-state index in [2.05, 4.69) is 39.9 Å². The highest BCUT2D eigenvalue weighted by molar-refractivity contribution is 6.74. The van der Waals surface area contributed by atoms with Gasteiger partial charge in [0, 0.05) is 17.4 Å². The average molecular weight is 491 g/mol. The van der Waals surface area contributed by atoms with Gasteiger partial charge in [-0.3, -0.25) is 9.59 Å². The van der Waals surface area contributed by atoms with Crippen molar-refractivity contribution in [3.63, 3.8) is 0 Å². The molecule has 4 atom stereocenters. The van der Waals surface area contributed by atoms with Crippen LogP contribution in [0, 0.1) is 23.2 Å². The molecule has 0 radical (unpaired) electrons. The van der Waals surface area contributed by atoms with Crippen LogP contribution in [0.1, 0.15) is 52.5 Å². The van der Waals surface area contributed by atoms with Gasteiger partial charge in [-0.05, 0) is 56.5 Å². The summed E-state index contributed by atoms with van der Waals surface area (Å²) in [5, 5.41) is 11.1. The Morgan fingerprint density at radius 2 is 1.74 bits per heavy atom. The number of hydrogen-bond acceptors (Lipinski definition) is 5. The predicted octanol–water partition coefficient (Wildman–Crippen LogP) is 5.55. The van der Waals surface area contributed by atoms with Crippen molar-refractivity contribution in [2.75, 3.05) is 11.5 Å². The van der Waals surface area contributed by atoms with Gasteiger partial charge in [0.15, 0.2) is 8.32 Å². The van der Waals surface area contributed by atoms with Gasteiger partial charge in [0.05, 0.1) is 40.4 Å². The number of nitriles is 1. The molecular weight excluding hydrogens is 456 g/mol. The molecule has 7 heteroatoms. The first-order valence-corrected chi connectivity index (χ1v) is 15.4. The number of carbonyl (C=O) groups is 2. The molecule has 35 heavy (non-hydrogen) atoms. The van der Waals surface area contributed by atoms with Gasteiger partial charge in [-0.25, -0.2) is 4.90 Å². The van der Waals surface area contributed by atoms with E-state index in [9.17, 15) is 14.9 Å². The Labute approximate surface area is 208 Å². The average Bonchev–Trinajstić information content (AvgIpc) is 3.37. The van der Waals surface area contributed by atoms with Crippen LogP contribution in [0.2, 0.25) is 18.1 Å². The maximum Gasteiger partial charge on any atom is 0.240 e. The van der Waals surface area contributed by atoms with Gasteiger partial charge in [-0.2, -0.15) is 5.26 Å². The fraction of sp³-hybridized carbons (Fsp3) is 0.536. The molecule has 5 rings (SSSR count). The summed E-state index contributed by atoms with van der Waals surface area (Å²) >= 11 is 0. The summed E-state index contributed by atoms with van der Waals surface area (Å²) in [5.74, 6) is -1.38. The zero-order valence-electron chi connectivity index (χ0n) is 21.5. The number of carbonyl (C=O) groups excluding carboxylic acids is 2. The minimum Gasteiger partial charge on any atom is -0.417 e. The van der Waals surface area contributed by atoms with Crippen molar-refractivity contribution in [3.05, 3.63) is 42.0 Å². The van der Waals surface area contributed by atoms with Crippen LogP contribution >= 0.6 is 0 Å². The maximum absolute atomic E-state index is 14.0. The summed E-state index contributed by atoms with van der Waals surface area (Å²) in [7, 11) is -1.94. The number of benzene rings is 2. The molecule has 3 saturated heterocycles. The van der Waals surface area contributed by atoms with Crippen molar-refractivity contribution in [1.82, 2.24) is 0 Å². The lowest BCUT2D eigenvalue weighted by molar-refractivity contribution is -0.131. The summed E-state index contributed by atoms with van der Waals surface area (Å²) in [6.07, 6.45) is 2.12. The third kappa shape index (κ3) is 3.41. The number of rotatable bonds is 5. The van der Waals surface area contributed by atoms with Crippen molar-refractivity contribution in [2.45, 2.75) is 76.3 Å². The second-order valence-corrected chi connectivity index (χ2v) is 16.9. The fourth-order valence-electron chi connectivity index (χ4n) is 6.12. The van der Waals surface area contributed by atoms with E-state index < -0.39 is 31.4 Å². The molecule has 2 aromatic carbocycles. The Bertz CT molecular complexity index is 1280. The molecule has 0 aromatic heterocycles. The van der Waals surface area contributed by atoms with Crippen LogP contribution in [-0.4, -0.2) is 37.9 Å². The van der Waals surface area contributed by atoms with Crippen LogP contribution in [0.5, 0.6) is 0 Å². The third-order valence-electron chi connectivity index (χ3n) is 9.07. The third-order valence-corrected chi connectivity index (χ3v) is 13.6. The maximum atomic E-state index is 14.0. The lowest BCUT2D eigenvalue weighted by atomic mass is 9.67. The van der Waals surface area contributed by atoms with Crippen LogP contribution in [0.15, 0.2) is 36.4 Å². The number of amides is 2. The summed E-state index contributed by atoms with van der Waals surface area (Å²) in [6.45, 7) is 13.6. The standard InChI is InChI=1S/C28H34N2O4Si/c1-26(2,3)35(5,6)33-16-15-28-14-13-27(4,34-28)22-23(28)25(32)30(24(22)31)21-12-11-18(17-29)19-9-7-8-10-20(19)21/h7-12,22-23H,13-16H2,1-6H3/t22-,23+,27?,28?/m1/s1. The second-order valence-electron chi connectivity index (χ2n) is 12.1. The van der Waals surface area contributed by atoms with E-state index in [0.717, 1.165) is 23.6 Å². The van der Waals surface area contributed by atoms with Crippen LogP contribution < -0.4 is 4.90 Å². The number of ether oxygens (including phenoxy) is 1. The van der Waals surface area contributed by atoms with E-state index in [-0.39, 0.29) is 16.9 Å². The topological polar surface area (TPSA) is 79.6 Å². The van der Waals surface area contributed by atoms with Crippen molar-refractivity contribution >= 4 is 36.6 Å². The second kappa shape index (κ2) is 7.73. The number of nitrogens with zero attached hydrogens (tertiary/aromatic N) is 2. The van der Waals surface area contributed by atoms with E-state index in [4.69, 9.17) is 9.16 Å². The Morgan fingerprint density at radius 1 is 1.09 bits per heavy atom. The lowest BCUT2D eigenvalue weighted by Gasteiger charge is -2.38. The van der Waals surface area contributed by atoms with Crippen molar-refractivity contribution in [3.8, 4) is 6.07 Å². The zero-order valence-corrected chi connectivity index (χ0v) is 22.5. The SMILES string of the molecule is CC12CCC(CCO[Si](C)(C)C(C)(C)C)(O1)[C@@H]1C(=O)N(c3ccc(C#N)c4ccccc34)C(=O)[C@@H]12. The van der Waals surface area contributed by atoms with E-state index in [1.54, 1.807) is 12.1 Å². The molecule has 2 aromatic rings. The quantitative estimate of drug-likeness (QED) is 0.405. The summed E-state index contributed by atoms with van der Waals surface area (Å²) in [6, 6.07) is 13.1. The molecule has 184 valence electrons. The zero-order chi connectivity index (χ0) is 25.4. The minimum atomic E-state index is -1.94.